The van der Waals surface area contributed by atoms with Crippen LogP contribution in [0.2, 0.25) is 0 Å². The number of anilines is 1. The van der Waals surface area contributed by atoms with E-state index in [0.717, 1.165) is 6.07 Å². The number of ether oxygens (including phenoxy) is 2. The maximum atomic E-state index is 14.1. The van der Waals surface area contributed by atoms with Crippen molar-refractivity contribution < 1.29 is 27.0 Å². The van der Waals surface area contributed by atoms with Gasteiger partial charge < -0.3 is 20.9 Å². The van der Waals surface area contributed by atoms with Crippen molar-refractivity contribution in [2.45, 2.75) is 24.8 Å². The highest BCUT2D eigenvalue weighted by atomic mass is 19.4. The second-order valence-electron chi connectivity index (χ2n) is 5.04. The Morgan fingerprint density at radius 2 is 2.09 bits per heavy atom. The lowest BCUT2D eigenvalue weighted by atomic mass is 9.88. The smallest absolute Gasteiger partial charge is 0.411 e. The van der Waals surface area contributed by atoms with E-state index < -0.39 is 30.3 Å². The quantitative estimate of drug-likeness (QED) is 0.658. The molecule has 0 saturated carbocycles. The normalized spacial score (nSPS) is 25.5. The van der Waals surface area contributed by atoms with Gasteiger partial charge in [-0.25, -0.2) is 9.38 Å². The number of nitrogens with zero attached hydrogens (tertiary/aromatic N) is 1. The molecule has 0 radical (unpaired) electrons. The highest BCUT2D eigenvalue weighted by molar-refractivity contribution is 5.73. The molecule has 122 valence electrons. The van der Waals surface area contributed by atoms with Crippen LogP contribution in [0.5, 0.6) is 0 Å². The maximum Gasteiger partial charge on any atom is 0.411 e. The topological polar surface area (TPSA) is 82.9 Å². The van der Waals surface area contributed by atoms with E-state index in [0.29, 0.717) is 0 Å². The molecule has 1 aromatic rings. The van der Waals surface area contributed by atoms with Crippen molar-refractivity contribution in [1.29, 1.82) is 0 Å². The third-order valence-electron chi connectivity index (χ3n) is 3.32. The summed E-state index contributed by atoms with van der Waals surface area (Å²) >= 11 is 0. The fraction of sp³-hybridized carbons (Fsp3) is 0.462. The Morgan fingerprint density at radius 3 is 2.73 bits per heavy atom. The molecule has 2 atom stereocenters. The second kappa shape index (κ2) is 5.64. The number of rotatable bonds is 3. The fourth-order valence-electron chi connectivity index (χ4n) is 2.22. The molecule has 0 fully saturated rings. The van der Waals surface area contributed by atoms with Crippen LogP contribution in [0.15, 0.2) is 23.2 Å². The van der Waals surface area contributed by atoms with Gasteiger partial charge in [-0.05, 0) is 25.1 Å². The number of nitrogens with two attached hydrogens (primary N) is 2. The third kappa shape index (κ3) is 3.41. The summed E-state index contributed by atoms with van der Waals surface area (Å²) < 4.78 is 61.3. The average Bonchev–Trinajstić information content (AvgIpc) is 2.39. The fourth-order valence-corrected chi connectivity index (χ4v) is 2.22. The maximum absolute atomic E-state index is 14.1. The first-order valence-electron chi connectivity index (χ1n) is 6.34. The first-order valence-corrected chi connectivity index (χ1v) is 6.34. The summed E-state index contributed by atoms with van der Waals surface area (Å²) in [4.78, 5) is 3.71. The van der Waals surface area contributed by atoms with Gasteiger partial charge in [0.15, 0.2) is 5.60 Å². The van der Waals surface area contributed by atoms with E-state index in [4.69, 9.17) is 20.9 Å². The Morgan fingerprint density at radius 1 is 1.41 bits per heavy atom. The van der Waals surface area contributed by atoms with Gasteiger partial charge in [0.2, 0.25) is 0 Å². The molecule has 0 aliphatic carbocycles. The van der Waals surface area contributed by atoms with Crippen molar-refractivity contribution in [3.8, 4) is 0 Å². The molecule has 0 bridgehead atoms. The van der Waals surface area contributed by atoms with Crippen LogP contribution in [-0.4, -0.2) is 31.5 Å². The van der Waals surface area contributed by atoms with E-state index in [1.54, 1.807) is 0 Å². The molecule has 2 rings (SSSR count). The van der Waals surface area contributed by atoms with Crippen LogP contribution in [0, 0.1) is 5.82 Å². The number of alkyl halides is 3. The van der Waals surface area contributed by atoms with Gasteiger partial charge in [0, 0.05) is 11.3 Å². The van der Waals surface area contributed by atoms with Gasteiger partial charge in [-0.1, -0.05) is 0 Å². The first-order chi connectivity index (χ1) is 10.1. The molecular formula is C13H15F4N3O2. The standard InChI is InChI=1S/C13H15F4N3O2/c1-12(8-4-7(18)2-3-9(8)14)10(5-20-11(19)22-12)21-6-13(15,16)17/h2-4,10H,5-6,18H2,1H3,(H2,19,20)/t10-,12-/m1/s1. The van der Waals surface area contributed by atoms with Crippen molar-refractivity contribution in [3.63, 3.8) is 0 Å². The molecule has 1 aliphatic rings. The van der Waals surface area contributed by atoms with E-state index in [1.807, 2.05) is 0 Å². The first kappa shape index (κ1) is 16.3. The van der Waals surface area contributed by atoms with Gasteiger partial charge >= 0.3 is 6.18 Å². The van der Waals surface area contributed by atoms with Gasteiger partial charge in [0.1, 0.15) is 18.5 Å². The number of nitrogen functional groups attached to an aromatic ring is 1. The molecule has 0 aromatic heterocycles. The van der Waals surface area contributed by atoms with Crippen molar-refractivity contribution in [2.24, 2.45) is 10.7 Å². The number of aliphatic imine (C=N–C) groups is 1. The Hall–Kier alpha value is -2.03. The average molecular weight is 321 g/mol. The van der Waals surface area contributed by atoms with Crippen LogP contribution in [0.25, 0.3) is 0 Å². The molecule has 5 nitrogen and oxygen atoms in total. The van der Waals surface area contributed by atoms with Crippen LogP contribution < -0.4 is 11.5 Å². The number of hydrogen-bond donors (Lipinski definition) is 2. The second-order valence-corrected chi connectivity index (χ2v) is 5.04. The zero-order valence-electron chi connectivity index (χ0n) is 11.7. The molecule has 0 amide bonds. The van der Waals surface area contributed by atoms with E-state index in [1.165, 1.54) is 19.1 Å². The summed E-state index contributed by atoms with van der Waals surface area (Å²) in [6.07, 6.45) is -5.69. The lowest BCUT2D eigenvalue weighted by Crippen LogP contribution is -2.50. The molecule has 22 heavy (non-hydrogen) atoms. The van der Waals surface area contributed by atoms with Crippen LogP contribution in [-0.2, 0) is 15.1 Å². The summed E-state index contributed by atoms with van der Waals surface area (Å²) in [6.45, 7) is -0.309. The molecular weight excluding hydrogens is 306 g/mol. The highest BCUT2D eigenvalue weighted by Crippen LogP contribution is 2.37. The van der Waals surface area contributed by atoms with E-state index in [2.05, 4.69) is 4.99 Å². The van der Waals surface area contributed by atoms with Crippen LogP contribution in [0.1, 0.15) is 12.5 Å². The third-order valence-corrected chi connectivity index (χ3v) is 3.32. The summed E-state index contributed by atoms with van der Waals surface area (Å²) in [6, 6.07) is 3.45. The molecule has 9 heteroatoms. The van der Waals surface area contributed by atoms with E-state index in [-0.39, 0.29) is 23.8 Å². The minimum absolute atomic E-state index is 0.0440. The zero-order valence-corrected chi connectivity index (χ0v) is 11.7. The number of hydrogen-bond acceptors (Lipinski definition) is 5. The SMILES string of the molecule is C[C@]1(c2cc(N)ccc2F)OC(N)=NC[C@H]1OCC(F)(F)F. The Bertz CT molecular complexity index is 591. The number of amidine groups is 1. The summed E-state index contributed by atoms with van der Waals surface area (Å²) in [7, 11) is 0. The summed E-state index contributed by atoms with van der Waals surface area (Å²) in [5, 5.41) is 0. The van der Waals surface area contributed by atoms with Gasteiger partial charge in [-0.3, -0.25) is 0 Å². The monoisotopic (exact) mass is 321 g/mol. The summed E-state index contributed by atoms with van der Waals surface area (Å²) in [5.74, 6) is -0.688. The van der Waals surface area contributed by atoms with Crippen LogP contribution >= 0.6 is 0 Å². The number of benzene rings is 1. The van der Waals surface area contributed by atoms with Gasteiger partial charge in [0.05, 0.1) is 6.54 Å². The highest BCUT2D eigenvalue weighted by Gasteiger charge is 2.46. The predicted octanol–water partition coefficient (Wildman–Crippen LogP) is 1.92. The molecule has 0 saturated heterocycles. The molecule has 0 unspecified atom stereocenters. The van der Waals surface area contributed by atoms with Crippen molar-refractivity contribution in [2.75, 3.05) is 18.9 Å². The lowest BCUT2D eigenvalue weighted by molar-refractivity contribution is -0.207. The minimum atomic E-state index is -4.53. The Kier molecular flexibility index (Phi) is 4.19. The largest absolute Gasteiger partial charge is 0.451 e. The summed E-state index contributed by atoms with van der Waals surface area (Å²) in [5.41, 5.74) is 9.70. The van der Waals surface area contributed by atoms with E-state index in [9.17, 15) is 17.6 Å². The molecule has 1 aromatic carbocycles. The van der Waals surface area contributed by atoms with E-state index >= 15 is 0 Å². The molecule has 0 spiro atoms. The van der Waals surface area contributed by atoms with Crippen LogP contribution in [0.4, 0.5) is 23.2 Å². The lowest BCUT2D eigenvalue weighted by Gasteiger charge is -2.39. The molecule has 1 heterocycles. The van der Waals surface area contributed by atoms with Gasteiger partial charge in [0.25, 0.3) is 6.02 Å². The predicted molar refractivity (Wildman–Crippen MR) is 71.5 cm³/mol. The Balaban J connectivity index is 2.37. The van der Waals surface area contributed by atoms with Gasteiger partial charge in [-0.15, -0.1) is 0 Å². The van der Waals surface area contributed by atoms with Gasteiger partial charge in [-0.2, -0.15) is 13.2 Å². The zero-order chi connectivity index (χ0) is 16.5. The molecule has 4 N–H and O–H groups in total. The number of halogens is 4. The minimum Gasteiger partial charge on any atom is -0.451 e. The van der Waals surface area contributed by atoms with Crippen molar-refractivity contribution in [3.05, 3.63) is 29.6 Å². The van der Waals surface area contributed by atoms with Crippen LogP contribution in [0.3, 0.4) is 0 Å². The molecule has 1 aliphatic heterocycles. The Labute approximate surface area is 123 Å². The van der Waals surface area contributed by atoms with Crippen molar-refractivity contribution in [1.82, 2.24) is 0 Å². The van der Waals surface area contributed by atoms with Crippen molar-refractivity contribution >= 4 is 11.7 Å².